The molecule has 0 aromatic rings. The zero-order valence-corrected chi connectivity index (χ0v) is 8.96. The lowest BCUT2D eigenvalue weighted by Gasteiger charge is -2.17. The lowest BCUT2D eigenvalue weighted by molar-refractivity contribution is -0.121. The Morgan fingerprint density at radius 2 is 1.93 bits per heavy atom. The van der Waals surface area contributed by atoms with E-state index in [2.05, 4.69) is 16.6 Å². The summed E-state index contributed by atoms with van der Waals surface area (Å²) in [6, 6.07) is 0.449. The molecule has 3 nitrogen and oxygen atoms in total. The second-order valence-electron chi connectivity index (χ2n) is 4.58. The van der Waals surface area contributed by atoms with E-state index in [1.54, 1.807) is 0 Å². The number of carbonyl (C=O) groups excluding carboxylic acids is 1. The molecule has 0 aliphatic heterocycles. The maximum Gasteiger partial charge on any atom is 0.234 e. The van der Waals surface area contributed by atoms with Crippen LogP contribution < -0.4 is 10.6 Å². The monoisotopic (exact) mass is 206 g/mol. The van der Waals surface area contributed by atoms with Crippen LogP contribution in [-0.4, -0.2) is 25.0 Å². The maximum absolute atomic E-state index is 11.6. The van der Waals surface area contributed by atoms with Crippen LogP contribution in [0.15, 0.2) is 0 Å². The first-order chi connectivity index (χ1) is 7.31. The molecule has 2 N–H and O–H groups in total. The molecule has 0 spiro atoms. The van der Waals surface area contributed by atoms with Gasteiger partial charge in [-0.3, -0.25) is 10.1 Å². The van der Waals surface area contributed by atoms with E-state index in [1.807, 2.05) is 0 Å². The van der Waals surface area contributed by atoms with Gasteiger partial charge in [-0.15, -0.1) is 6.42 Å². The fraction of sp³-hybridized carbons (Fsp3) is 0.750. The number of rotatable bonds is 6. The van der Waals surface area contributed by atoms with E-state index in [0.29, 0.717) is 19.1 Å². The van der Waals surface area contributed by atoms with Gasteiger partial charge in [0.15, 0.2) is 0 Å². The minimum absolute atomic E-state index is 0.0917. The van der Waals surface area contributed by atoms with Crippen LogP contribution in [0, 0.1) is 24.2 Å². The van der Waals surface area contributed by atoms with Gasteiger partial charge in [-0.1, -0.05) is 5.92 Å². The van der Waals surface area contributed by atoms with Gasteiger partial charge >= 0.3 is 0 Å². The highest BCUT2D eigenvalue weighted by atomic mass is 16.2. The average molecular weight is 206 g/mol. The van der Waals surface area contributed by atoms with Crippen LogP contribution in [0.2, 0.25) is 0 Å². The molecule has 3 heteroatoms. The zero-order valence-electron chi connectivity index (χ0n) is 8.96. The van der Waals surface area contributed by atoms with Crippen molar-refractivity contribution >= 4 is 5.91 Å². The van der Waals surface area contributed by atoms with E-state index in [-0.39, 0.29) is 5.91 Å². The summed E-state index contributed by atoms with van der Waals surface area (Å²) in [5.41, 5.74) is 0. The Bertz CT molecular complexity index is 262. The molecule has 15 heavy (non-hydrogen) atoms. The van der Waals surface area contributed by atoms with Crippen molar-refractivity contribution in [2.75, 3.05) is 13.1 Å². The summed E-state index contributed by atoms with van der Waals surface area (Å²) in [7, 11) is 0. The molecule has 0 aromatic carbocycles. The topological polar surface area (TPSA) is 41.1 Å². The van der Waals surface area contributed by atoms with Crippen molar-refractivity contribution in [1.82, 2.24) is 10.6 Å². The largest absolute Gasteiger partial charge is 0.352 e. The standard InChI is InChI=1S/C12H18N2O/c1-2-7-13-8-11(15)14-12(9-3-4-9)10-5-6-10/h1,9-10,12-13H,3-8H2,(H,14,15). The molecule has 0 saturated heterocycles. The van der Waals surface area contributed by atoms with Gasteiger partial charge in [-0.25, -0.2) is 0 Å². The summed E-state index contributed by atoms with van der Waals surface area (Å²) in [4.78, 5) is 11.6. The molecular weight excluding hydrogens is 188 g/mol. The van der Waals surface area contributed by atoms with Gasteiger partial charge in [-0.2, -0.15) is 0 Å². The van der Waals surface area contributed by atoms with Crippen LogP contribution in [0.3, 0.4) is 0 Å². The highest BCUT2D eigenvalue weighted by Gasteiger charge is 2.41. The van der Waals surface area contributed by atoms with Crippen molar-refractivity contribution in [3.8, 4) is 12.3 Å². The lowest BCUT2D eigenvalue weighted by atomic mass is 10.1. The van der Waals surface area contributed by atoms with Gasteiger partial charge in [0.1, 0.15) is 0 Å². The highest BCUT2D eigenvalue weighted by Crippen LogP contribution is 2.44. The Kier molecular flexibility index (Phi) is 3.27. The first kappa shape index (κ1) is 10.5. The Hall–Kier alpha value is -1.01. The van der Waals surface area contributed by atoms with Crippen LogP contribution in [0.5, 0.6) is 0 Å². The van der Waals surface area contributed by atoms with Crippen molar-refractivity contribution in [1.29, 1.82) is 0 Å². The van der Waals surface area contributed by atoms with Gasteiger partial charge in [0.05, 0.1) is 13.1 Å². The van der Waals surface area contributed by atoms with Crippen molar-refractivity contribution in [2.24, 2.45) is 11.8 Å². The van der Waals surface area contributed by atoms with Crippen LogP contribution in [0.4, 0.5) is 0 Å². The first-order valence-corrected chi connectivity index (χ1v) is 5.75. The summed E-state index contributed by atoms with van der Waals surface area (Å²) in [6.07, 6.45) is 10.3. The molecular formula is C12H18N2O. The van der Waals surface area contributed by atoms with Gasteiger partial charge in [0.25, 0.3) is 0 Å². The molecule has 1 amide bonds. The van der Waals surface area contributed by atoms with E-state index >= 15 is 0 Å². The summed E-state index contributed by atoms with van der Waals surface area (Å²) in [5.74, 6) is 4.06. The summed E-state index contributed by atoms with van der Waals surface area (Å²) >= 11 is 0. The number of nitrogens with one attached hydrogen (secondary N) is 2. The molecule has 2 fully saturated rings. The Labute approximate surface area is 91.0 Å². The predicted octanol–water partition coefficient (Wildman–Crippen LogP) is 0.514. The molecule has 0 heterocycles. The lowest BCUT2D eigenvalue weighted by Crippen LogP contribution is -2.42. The van der Waals surface area contributed by atoms with Gasteiger partial charge in [-0.05, 0) is 37.5 Å². The van der Waals surface area contributed by atoms with E-state index < -0.39 is 0 Å². The van der Waals surface area contributed by atoms with Crippen molar-refractivity contribution in [2.45, 2.75) is 31.7 Å². The highest BCUT2D eigenvalue weighted by molar-refractivity contribution is 5.78. The zero-order chi connectivity index (χ0) is 10.7. The second-order valence-corrected chi connectivity index (χ2v) is 4.58. The first-order valence-electron chi connectivity index (χ1n) is 5.75. The number of terminal acetylenes is 1. The quantitative estimate of drug-likeness (QED) is 0.491. The molecule has 2 rings (SSSR count). The smallest absolute Gasteiger partial charge is 0.234 e. The maximum atomic E-state index is 11.6. The Morgan fingerprint density at radius 3 is 2.40 bits per heavy atom. The van der Waals surface area contributed by atoms with E-state index in [1.165, 1.54) is 25.7 Å². The molecule has 2 aliphatic rings. The summed E-state index contributed by atoms with van der Waals surface area (Å²) < 4.78 is 0. The molecule has 2 aliphatic carbocycles. The SMILES string of the molecule is C#CCNCC(=O)NC(C1CC1)C1CC1. The van der Waals surface area contributed by atoms with E-state index in [4.69, 9.17) is 6.42 Å². The molecule has 0 radical (unpaired) electrons. The van der Waals surface area contributed by atoms with Crippen molar-refractivity contribution in [3.05, 3.63) is 0 Å². The minimum Gasteiger partial charge on any atom is -0.352 e. The molecule has 0 unspecified atom stereocenters. The van der Waals surface area contributed by atoms with Crippen LogP contribution in [-0.2, 0) is 4.79 Å². The van der Waals surface area contributed by atoms with E-state index in [9.17, 15) is 4.79 Å². The average Bonchev–Trinajstić information content (AvgIpc) is 3.05. The third kappa shape index (κ3) is 3.24. The van der Waals surface area contributed by atoms with Crippen molar-refractivity contribution < 1.29 is 4.79 Å². The molecule has 2 saturated carbocycles. The summed E-state index contributed by atoms with van der Waals surface area (Å²) in [6.45, 7) is 0.811. The van der Waals surface area contributed by atoms with E-state index in [0.717, 1.165) is 11.8 Å². The third-order valence-corrected chi connectivity index (χ3v) is 3.10. The number of hydrogen-bond acceptors (Lipinski definition) is 2. The second kappa shape index (κ2) is 4.67. The number of hydrogen-bond donors (Lipinski definition) is 2. The molecule has 0 aromatic heterocycles. The van der Waals surface area contributed by atoms with Gasteiger partial charge < -0.3 is 5.32 Å². The third-order valence-electron chi connectivity index (χ3n) is 3.10. The molecule has 82 valence electrons. The molecule has 0 atom stereocenters. The predicted molar refractivity (Wildman–Crippen MR) is 59.1 cm³/mol. The van der Waals surface area contributed by atoms with Crippen LogP contribution in [0.25, 0.3) is 0 Å². The number of amides is 1. The fourth-order valence-corrected chi connectivity index (χ4v) is 2.02. The Morgan fingerprint density at radius 1 is 1.33 bits per heavy atom. The van der Waals surface area contributed by atoms with Crippen molar-refractivity contribution in [3.63, 3.8) is 0 Å². The van der Waals surface area contributed by atoms with Gasteiger partial charge in [0, 0.05) is 6.04 Å². The van der Waals surface area contributed by atoms with Crippen LogP contribution in [0.1, 0.15) is 25.7 Å². The minimum atomic E-state index is 0.0917. The Balaban J connectivity index is 1.69. The van der Waals surface area contributed by atoms with Crippen LogP contribution >= 0.6 is 0 Å². The normalized spacial score (nSPS) is 20.0. The summed E-state index contributed by atoms with van der Waals surface area (Å²) in [5, 5.41) is 6.04. The number of carbonyl (C=O) groups is 1. The molecule has 0 bridgehead atoms. The van der Waals surface area contributed by atoms with Gasteiger partial charge in [0.2, 0.25) is 5.91 Å². The fourth-order valence-electron chi connectivity index (χ4n) is 2.02.